The zero-order valence-electron chi connectivity index (χ0n) is 38.4. The summed E-state index contributed by atoms with van der Waals surface area (Å²) in [5.74, 6) is -0.933. The number of hydrogen-bond donors (Lipinski definition) is 3. The average Bonchev–Trinajstić information content (AvgIpc) is 3.24. The van der Waals surface area contributed by atoms with Crippen molar-refractivity contribution < 1.29 is 47.8 Å². The lowest BCUT2D eigenvalue weighted by Crippen LogP contribution is -2.29. The van der Waals surface area contributed by atoms with E-state index in [-0.39, 0.29) is 19.4 Å². The van der Waals surface area contributed by atoms with E-state index in [1.54, 1.807) is 0 Å². The second kappa shape index (κ2) is 45.2. The van der Waals surface area contributed by atoms with Crippen molar-refractivity contribution in [2.45, 2.75) is 238 Å². The van der Waals surface area contributed by atoms with E-state index in [2.05, 4.69) is 50.3 Å². The third-order valence-corrected chi connectivity index (χ3v) is 11.5. The van der Waals surface area contributed by atoms with Crippen molar-refractivity contribution >= 4 is 19.8 Å². The van der Waals surface area contributed by atoms with Gasteiger partial charge in [-0.1, -0.05) is 179 Å². The molecule has 0 aliphatic carbocycles. The van der Waals surface area contributed by atoms with E-state index in [1.807, 2.05) is 0 Å². The van der Waals surface area contributed by atoms with E-state index in [1.165, 1.54) is 122 Å². The topological polar surface area (TPSA) is 149 Å². The van der Waals surface area contributed by atoms with Crippen molar-refractivity contribution in [3.8, 4) is 0 Å². The van der Waals surface area contributed by atoms with E-state index >= 15 is 0 Å². The zero-order chi connectivity index (χ0) is 44.0. The molecule has 0 fully saturated rings. The maximum Gasteiger partial charge on any atom is 0.472 e. The summed E-state index contributed by atoms with van der Waals surface area (Å²) >= 11 is 0. The Balaban J connectivity index is 4.22. The lowest BCUT2D eigenvalue weighted by Gasteiger charge is -2.20. The molecule has 0 aliphatic rings. The first-order chi connectivity index (χ1) is 29.2. The molecule has 0 amide bonds. The van der Waals surface area contributed by atoms with Crippen LogP contribution in [0.15, 0.2) is 36.5 Å². The van der Waals surface area contributed by atoms with Crippen molar-refractivity contribution in [2.75, 3.05) is 26.4 Å². The SMILES string of the molecule is CCCCCCC/C=C\C/C=C\CCCCCCCCCCCC(=O)OC(COC(=O)CCCCCCC/C=C\CCCCCCCCC)COP(=O)(O)OCC(O)CO. The van der Waals surface area contributed by atoms with Gasteiger partial charge in [0.05, 0.1) is 19.8 Å². The fourth-order valence-electron chi connectivity index (χ4n) is 6.72. The number of phosphoric ester groups is 1. The maximum absolute atomic E-state index is 12.7. The number of ether oxygens (including phenoxy) is 2. The minimum atomic E-state index is -4.62. The number of rotatable bonds is 46. The van der Waals surface area contributed by atoms with Gasteiger partial charge in [0.15, 0.2) is 6.10 Å². The normalized spacial score (nSPS) is 14.0. The number of esters is 2. The molecule has 3 atom stereocenters. The first kappa shape index (κ1) is 58.2. The molecule has 0 aliphatic heterocycles. The van der Waals surface area contributed by atoms with Gasteiger partial charge in [-0.15, -0.1) is 0 Å². The first-order valence-corrected chi connectivity index (χ1v) is 25.9. The van der Waals surface area contributed by atoms with Gasteiger partial charge in [-0.05, 0) is 70.6 Å². The fourth-order valence-corrected chi connectivity index (χ4v) is 7.51. The number of unbranched alkanes of at least 4 members (excludes halogenated alkanes) is 26. The van der Waals surface area contributed by atoms with Gasteiger partial charge in [-0.2, -0.15) is 0 Å². The molecule has 0 bridgehead atoms. The van der Waals surface area contributed by atoms with Gasteiger partial charge in [0.2, 0.25) is 0 Å². The molecule has 0 spiro atoms. The lowest BCUT2D eigenvalue weighted by molar-refractivity contribution is -0.161. The predicted octanol–water partition coefficient (Wildman–Crippen LogP) is 13.5. The Hall–Kier alpha value is -1.81. The van der Waals surface area contributed by atoms with Crippen LogP contribution in [0.1, 0.15) is 226 Å². The summed E-state index contributed by atoms with van der Waals surface area (Å²) in [5.41, 5.74) is 0. The Morgan fingerprint density at radius 2 is 0.867 bits per heavy atom. The van der Waals surface area contributed by atoms with Crippen molar-refractivity contribution in [1.82, 2.24) is 0 Å². The van der Waals surface area contributed by atoms with Crippen LogP contribution in [0.2, 0.25) is 0 Å². The minimum absolute atomic E-state index is 0.178. The summed E-state index contributed by atoms with van der Waals surface area (Å²) < 4.78 is 32.8. The molecular weight excluding hydrogens is 780 g/mol. The second-order valence-corrected chi connectivity index (χ2v) is 17.9. The van der Waals surface area contributed by atoms with Gasteiger partial charge in [0.1, 0.15) is 12.7 Å². The Morgan fingerprint density at radius 1 is 0.500 bits per heavy atom. The monoisotopic (exact) mass is 871 g/mol. The molecule has 0 saturated heterocycles. The standard InChI is InChI=1S/C49H91O10P/c1-3-5-7-9-11-13-15-17-19-21-22-23-24-25-27-29-31-33-35-37-39-41-49(53)59-47(45-58-60(54,55)57-43-46(51)42-50)44-56-48(52)40-38-36-34-32-30-28-26-20-18-16-14-12-10-8-6-4-2/h15,17,20-22,26,46-47,50-51H,3-14,16,18-19,23-25,27-45H2,1-2H3,(H,54,55)/b17-15-,22-21-,26-20-. The van der Waals surface area contributed by atoms with E-state index in [9.17, 15) is 24.2 Å². The van der Waals surface area contributed by atoms with Crippen LogP contribution in [0.3, 0.4) is 0 Å². The molecule has 3 N–H and O–H groups in total. The molecule has 11 heteroatoms. The van der Waals surface area contributed by atoms with Gasteiger partial charge in [0, 0.05) is 12.8 Å². The molecule has 0 heterocycles. The van der Waals surface area contributed by atoms with E-state index < -0.39 is 51.8 Å². The molecule has 0 saturated carbocycles. The van der Waals surface area contributed by atoms with Crippen LogP contribution >= 0.6 is 7.82 Å². The minimum Gasteiger partial charge on any atom is -0.462 e. The summed E-state index contributed by atoms with van der Waals surface area (Å²) in [6, 6.07) is 0. The molecule has 10 nitrogen and oxygen atoms in total. The number of aliphatic hydroxyl groups excluding tert-OH is 2. The first-order valence-electron chi connectivity index (χ1n) is 24.4. The van der Waals surface area contributed by atoms with Crippen LogP contribution in [-0.2, 0) is 32.7 Å². The highest BCUT2D eigenvalue weighted by atomic mass is 31.2. The molecule has 0 aromatic rings. The average molecular weight is 871 g/mol. The van der Waals surface area contributed by atoms with Crippen molar-refractivity contribution in [3.05, 3.63) is 36.5 Å². The summed E-state index contributed by atoms with van der Waals surface area (Å²) in [6.07, 6.45) is 48.2. The molecule has 352 valence electrons. The van der Waals surface area contributed by atoms with Crippen molar-refractivity contribution in [1.29, 1.82) is 0 Å². The number of allylic oxidation sites excluding steroid dienone is 6. The summed E-state index contributed by atoms with van der Waals surface area (Å²) in [7, 11) is -4.62. The van der Waals surface area contributed by atoms with E-state index in [0.29, 0.717) is 12.8 Å². The molecule has 0 radical (unpaired) electrons. The van der Waals surface area contributed by atoms with E-state index in [0.717, 1.165) is 64.2 Å². The molecule has 0 rings (SSSR count). The molecule has 3 unspecified atom stereocenters. The maximum atomic E-state index is 12.7. The van der Waals surface area contributed by atoms with Crippen LogP contribution in [0.25, 0.3) is 0 Å². The van der Waals surface area contributed by atoms with Crippen LogP contribution in [-0.4, -0.2) is 65.7 Å². The van der Waals surface area contributed by atoms with Crippen LogP contribution in [0.4, 0.5) is 0 Å². The van der Waals surface area contributed by atoms with Gasteiger partial charge >= 0.3 is 19.8 Å². The van der Waals surface area contributed by atoms with Crippen LogP contribution < -0.4 is 0 Å². The number of hydrogen-bond acceptors (Lipinski definition) is 9. The molecule has 60 heavy (non-hydrogen) atoms. The molecule has 0 aromatic heterocycles. The highest BCUT2D eigenvalue weighted by molar-refractivity contribution is 7.47. The largest absolute Gasteiger partial charge is 0.472 e. The van der Waals surface area contributed by atoms with Gasteiger partial charge < -0.3 is 24.6 Å². The van der Waals surface area contributed by atoms with Gasteiger partial charge in [0.25, 0.3) is 0 Å². The molecular formula is C49H91O10P. The number of phosphoric acid groups is 1. The molecule has 0 aromatic carbocycles. The van der Waals surface area contributed by atoms with Crippen molar-refractivity contribution in [2.24, 2.45) is 0 Å². The Bertz CT molecular complexity index is 1090. The van der Waals surface area contributed by atoms with E-state index in [4.69, 9.17) is 23.6 Å². The highest BCUT2D eigenvalue weighted by Crippen LogP contribution is 2.43. The Kier molecular flexibility index (Phi) is 43.9. The zero-order valence-corrected chi connectivity index (χ0v) is 39.3. The summed E-state index contributed by atoms with van der Waals surface area (Å²) in [4.78, 5) is 35.1. The van der Waals surface area contributed by atoms with Crippen molar-refractivity contribution in [3.63, 3.8) is 0 Å². The summed E-state index contributed by atoms with van der Waals surface area (Å²) in [5, 5.41) is 18.4. The Morgan fingerprint density at radius 3 is 1.30 bits per heavy atom. The third kappa shape index (κ3) is 44.3. The summed E-state index contributed by atoms with van der Waals surface area (Å²) in [6.45, 7) is 2.38. The highest BCUT2D eigenvalue weighted by Gasteiger charge is 2.27. The number of aliphatic hydroxyl groups is 2. The van der Waals surface area contributed by atoms with Crippen LogP contribution in [0, 0.1) is 0 Å². The fraction of sp³-hybridized carbons (Fsp3) is 0.837. The Labute approximate surface area is 367 Å². The number of carbonyl (C=O) groups is 2. The van der Waals surface area contributed by atoms with Gasteiger partial charge in [-0.3, -0.25) is 18.6 Å². The number of carbonyl (C=O) groups excluding carboxylic acids is 2. The smallest absolute Gasteiger partial charge is 0.462 e. The predicted molar refractivity (Wildman–Crippen MR) is 247 cm³/mol. The second-order valence-electron chi connectivity index (χ2n) is 16.5. The van der Waals surface area contributed by atoms with Crippen LogP contribution in [0.5, 0.6) is 0 Å². The lowest BCUT2D eigenvalue weighted by atomic mass is 10.1. The van der Waals surface area contributed by atoms with Gasteiger partial charge in [-0.25, -0.2) is 4.57 Å². The third-order valence-electron chi connectivity index (χ3n) is 10.5. The quantitative estimate of drug-likeness (QED) is 0.0234.